The lowest BCUT2D eigenvalue weighted by atomic mass is 9.97. The van der Waals surface area contributed by atoms with Gasteiger partial charge in [-0.2, -0.15) is 0 Å². The molecule has 2 aromatic rings. The Morgan fingerprint density at radius 2 is 1.94 bits per heavy atom. The normalized spacial score (nSPS) is 23.5. The molecule has 1 N–H and O–H groups in total. The van der Waals surface area contributed by atoms with E-state index in [9.17, 15) is 19.2 Å². The number of piperazine rings is 1. The van der Waals surface area contributed by atoms with E-state index in [0.29, 0.717) is 37.0 Å². The molecular weight excluding hydrogens is 400 g/mol. The number of fused-ring (bicyclic) bond motifs is 2. The summed E-state index contributed by atoms with van der Waals surface area (Å²) < 4.78 is 6.56. The molecule has 9 nitrogen and oxygen atoms in total. The van der Waals surface area contributed by atoms with Crippen LogP contribution in [0, 0.1) is 5.92 Å². The zero-order valence-corrected chi connectivity index (χ0v) is 18.0. The van der Waals surface area contributed by atoms with Crippen molar-refractivity contribution in [2.75, 3.05) is 13.1 Å². The zero-order chi connectivity index (χ0) is 22.3. The van der Waals surface area contributed by atoms with Crippen LogP contribution < -0.4 is 11.1 Å². The van der Waals surface area contributed by atoms with Gasteiger partial charge in [-0.05, 0) is 30.9 Å². The molecular formula is C22H28N4O5. The molecule has 0 bridgehead atoms. The van der Waals surface area contributed by atoms with Crippen LogP contribution in [0.4, 0.5) is 0 Å². The van der Waals surface area contributed by atoms with Gasteiger partial charge in [0.1, 0.15) is 12.6 Å². The van der Waals surface area contributed by atoms with Gasteiger partial charge < -0.3 is 19.5 Å². The molecule has 0 saturated carbocycles. The Kier molecular flexibility index (Phi) is 5.60. The van der Waals surface area contributed by atoms with E-state index < -0.39 is 11.8 Å². The first-order chi connectivity index (χ1) is 14.7. The Morgan fingerprint density at radius 1 is 1.19 bits per heavy atom. The van der Waals surface area contributed by atoms with E-state index in [4.69, 9.17) is 4.42 Å². The Hall–Kier alpha value is -3.10. The Bertz CT molecular complexity index is 1070. The van der Waals surface area contributed by atoms with Crippen LogP contribution in [-0.2, 0) is 20.9 Å². The first-order valence-electron chi connectivity index (χ1n) is 10.7. The van der Waals surface area contributed by atoms with Crippen LogP contribution >= 0.6 is 0 Å². The minimum atomic E-state index is -0.591. The van der Waals surface area contributed by atoms with Gasteiger partial charge in [-0.1, -0.05) is 26.0 Å². The molecule has 4 rings (SSSR count). The maximum atomic E-state index is 13.3. The molecule has 0 spiro atoms. The van der Waals surface area contributed by atoms with Gasteiger partial charge in [0.25, 0.3) is 0 Å². The molecule has 1 aromatic heterocycles. The molecule has 166 valence electrons. The SMILES string of the molecule is CC(=O)N[C@H]1C[C@H]2CN(C(=O)Cn3c(=O)oc4ccccc43)[C@@H](CC(C)C)C(=O)N2C1. The van der Waals surface area contributed by atoms with Crippen molar-refractivity contribution in [1.29, 1.82) is 0 Å². The van der Waals surface area contributed by atoms with Gasteiger partial charge in [0.15, 0.2) is 5.58 Å². The van der Waals surface area contributed by atoms with Crippen LogP contribution in [0.5, 0.6) is 0 Å². The highest BCUT2D eigenvalue weighted by Gasteiger charge is 2.47. The summed E-state index contributed by atoms with van der Waals surface area (Å²) in [6.45, 7) is 6.16. The lowest BCUT2D eigenvalue weighted by Gasteiger charge is -2.43. The number of para-hydroxylation sites is 2. The van der Waals surface area contributed by atoms with Gasteiger partial charge in [-0.25, -0.2) is 4.79 Å². The molecule has 31 heavy (non-hydrogen) atoms. The zero-order valence-electron chi connectivity index (χ0n) is 18.0. The predicted octanol–water partition coefficient (Wildman–Crippen LogP) is 0.957. The number of nitrogens with zero attached hydrogens (tertiary/aromatic N) is 3. The highest BCUT2D eigenvalue weighted by atomic mass is 16.4. The molecule has 2 fully saturated rings. The Balaban J connectivity index is 1.59. The van der Waals surface area contributed by atoms with Gasteiger partial charge in [-0.3, -0.25) is 19.0 Å². The number of carbonyl (C=O) groups excluding carboxylic acids is 3. The van der Waals surface area contributed by atoms with Crippen molar-refractivity contribution in [2.45, 2.75) is 58.3 Å². The van der Waals surface area contributed by atoms with Crippen LogP contribution in [0.2, 0.25) is 0 Å². The van der Waals surface area contributed by atoms with Crippen LogP contribution in [0.25, 0.3) is 11.1 Å². The average Bonchev–Trinajstić information content (AvgIpc) is 3.23. The van der Waals surface area contributed by atoms with Crippen molar-refractivity contribution in [3.63, 3.8) is 0 Å². The van der Waals surface area contributed by atoms with Crippen molar-refractivity contribution in [3.05, 3.63) is 34.8 Å². The minimum Gasteiger partial charge on any atom is -0.408 e. The fourth-order valence-corrected chi connectivity index (χ4v) is 4.77. The fourth-order valence-electron chi connectivity index (χ4n) is 4.77. The summed E-state index contributed by atoms with van der Waals surface area (Å²) in [4.78, 5) is 53.8. The van der Waals surface area contributed by atoms with Crippen molar-refractivity contribution in [3.8, 4) is 0 Å². The molecule has 3 heterocycles. The van der Waals surface area contributed by atoms with Gasteiger partial charge in [0.2, 0.25) is 17.7 Å². The van der Waals surface area contributed by atoms with Gasteiger partial charge in [-0.15, -0.1) is 0 Å². The summed E-state index contributed by atoms with van der Waals surface area (Å²) >= 11 is 0. The third-order valence-electron chi connectivity index (χ3n) is 6.06. The maximum Gasteiger partial charge on any atom is 0.420 e. The molecule has 3 atom stereocenters. The highest BCUT2D eigenvalue weighted by molar-refractivity contribution is 5.90. The van der Waals surface area contributed by atoms with E-state index in [0.717, 1.165) is 0 Å². The molecule has 2 saturated heterocycles. The van der Waals surface area contributed by atoms with Crippen LogP contribution in [0.15, 0.2) is 33.5 Å². The maximum absolute atomic E-state index is 13.3. The van der Waals surface area contributed by atoms with Crippen molar-refractivity contribution in [2.24, 2.45) is 5.92 Å². The van der Waals surface area contributed by atoms with Crippen molar-refractivity contribution >= 4 is 28.8 Å². The number of hydrogen-bond donors (Lipinski definition) is 1. The number of benzene rings is 1. The van der Waals surface area contributed by atoms with E-state index in [2.05, 4.69) is 5.32 Å². The quantitative estimate of drug-likeness (QED) is 0.764. The second-order valence-electron chi connectivity index (χ2n) is 8.89. The smallest absolute Gasteiger partial charge is 0.408 e. The first kappa shape index (κ1) is 21.1. The van der Waals surface area contributed by atoms with E-state index in [1.807, 2.05) is 13.8 Å². The molecule has 9 heteroatoms. The molecule has 0 aliphatic carbocycles. The number of oxazole rings is 1. The van der Waals surface area contributed by atoms with E-state index in [1.54, 1.807) is 34.1 Å². The molecule has 0 unspecified atom stereocenters. The molecule has 2 aliphatic rings. The summed E-state index contributed by atoms with van der Waals surface area (Å²) in [5, 5.41) is 2.89. The minimum absolute atomic E-state index is 0.0875. The monoisotopic (exact) mass is 428 g/mol. The number of rotatable bonds is 5. The second-order valence-corrected chi connectivity index (χ2v) is 8.89. The summed E-state index contributed by atoms with van der Waals surface area (Å²) in [7, 11) is 0. The van der Waals surface area contributed by atoms with Gasteiger partial charge in [0.05, 0.1) is 11.6 Å². The lowest BCUT2D eigenvalue weighted by molar-refractivity contribution is -0.154. The van der Waals surface area contributed by atoms with Crippen molar-refractivity contribution in [1.82, 2.24) is 19.7 Å². The molecule has 1 aromatic carbocycles. The standard InChI is InChI=1S/C22H28N4O5/c1-13(2)8-18-21(29)24-10-15(23-14(3)27)9-16(24)11-25(18)20(28)12-26-17-6-4-5-7-19(17)31-22(26)30/h4-7,13,15-16,18H,8-12H2,1-3H3,(H,23,27)/t15-,16-,18-/m0/s1. The summed E-state index contributed by atoms with van der Waals surface area (Å²) in [5.74, 6) is -0.875. The topological polar surface area (TPSA) is 105 Å². The first-order valence-corrected chi connectivity index (χ1v) is 10.7. The summed E-state index contributed by atoms with van der Waals surface area (Å²) in [6.07, 6.45) is 1.15. The van der Waals surface area contributed by atoms with Gasteiger partial charge >= 0.3 is 5.76 Å². The number of aromatic nitrogens is 1. The largest absolute Gasteiger partial charge is 0.420 e. The predicted molar refractivity (Wildman–Crippen MR) is 113 cm³/mol. The number of nitrogens with one attached hydrogen (secondary N) is 1. The fraction of sp³-hybridized carbons (Fsp3) is 0.545. The van der Waals surface area contributed by atoms with E-state index in [1.165, 1.54) is 11.5 Å². The average molecular weight is 428 g/mol. The lowest BCUT2D eigenvalue weighted by Crippen LogP contribution is -2.62. The van der Waals surface area contributed by atoms with E-state index >= 15 is 0 Å². The highest BCUT2D eigenvalue weighted by Crippen LogP contribution is 2.29. The molecule has 3 amide bonds. The number of carbonyl (C=O) groups is 3. The van der Waals surface area contributed by atoms with E-state index in [-0.39, 0.29) is 42.3 Å². The molecule has 2 aliphatic heterocycles. The van der Waals surface area contributed by atoms with Gasteiger partial charge in [0, 0.05) is 26.1 Å². The number of amides is 3. The Morgan fingerprint density at radius 3 is 2.65 bits per heavy atom. The summed E-state index contributed by atoms with van der Waals surface area (Å²) in [6, 6.07) is 6.13. The summed E-state index contributed by atoms with van der Waals surface area (Å²) in [5.41, 5.74) is 0.978. The van der Waals surface area contributed by atoms with Crippen LogP contribution in [0.1, 0.15) is 33.6 Å². The van der Waals surface area contributed by atoms with Crippen molar-refractivity contribution < 1.29 is 18.8 Å². The second kappa shape index (κ2) is 8.20. The third-order valence-corrected chi connectivity index (χ3v) is 6.06. The number of hydrogen-bond acceptors (Lipinski definition) is 5. The third kappa shape index (κ3) is 4.08. The van der Waals surface area contributed by atoms with Crippen LogP contribution in [0.3, 0.4) is 0 Å². The molecule has 0 radical (unpaired) electrons. The van der Waals surface area contributed by atoms with Crippen LogP contribution in [-0.4, -0.2) is 63.3 Å². The Labute approximate surface area is 180 Å².